The van der Waals surface area contributed by atoms with Crippen molar-refractivity contribution in [3.8, 4) is 5.75 Å². The fraction of sp³-hybridized carbons (Fsp3) is 0.350. The number of nitrogens with one attached hydrogen (secondary N) is 1. The molecule has 0 radical (unpaired) electrons. The number of benzene rings is 2. The molecule has 1 aliphatic rings. The van der Waals surface area contributed by atoms with Gasteiger partial charge in [0.05, 0.1) is 23.9 Å². The van der Waals surface area contributed by atoms with Gasteiger partial charge < -0.3 is 15.0 Å². The molecule has 1 aliphatic heterocycles. The highest BCUT2D eigenvalue weighted by Crippen LogP contribution is 2.26. The Morgan fingerprint density at radius 3 is 2.56 bits per heavy atom. The highest BCUT2D eigenvalue weighted by atomic mass is 35.5. The SMILES string of the molecule is COc1cccc(N2CCN([C@@H](C)C(=O)Nc3cc(Cl)ccc3Cl)CC2)c1. The van der Waals surface area contributed by atoms with E-state index in [-0.39, 0.29) is 11.9 Å². The molecule has 2 aromatic rings. The Morgan fingerprint density at radius 1 is 1.11 bits per heavy atom. The summed E-state index contributed by atoms with van der Waals surface area (Å²) in [5, 5.41) is 3.89. The van der Waals surface area contributed by atoms with Gasteiger partial charge in [0.2, 0.25) is 5.91 Å². The lowest BCUT2D eigenvalue weighted by atomic mass is 10.2. The topological polar surface area (TPSA) is 44.8 Å². The number of carbonyl (C=O) groups is 1. The van der Waals surface area contributed by atoms with E-state index in [1.54, 1.807) is 25.3 Å². The van der Waals surface area contributed by atoms with Crippen LogP contribution < -0.4 is 15.0 Å². The molecule has 1 atom stereocenters. The third-order valence-corrected chi connectivity index (χ3v) is 5.41. The van der Waals surface area contributed by atoms with E-state index >= 15 is 0 Å². The van der Waals surface area contributed by atoms with Gasteiger partial charge in [0.25, 0.3) is 0 Å². The molecule has 0 unspecified atom stereocenters. The smallest absolute Gasteiger partial charge is 0.241 e. The van der Waals surface area contributed by atoms with E-state index in [1.807, 2.05) is 25.1 Å². The third-order valence-electron chi connectivity index (χ3n) is 4.85. The van der Waals surface area contributed by atoms with Gasteiger partial charge in [-0.25, -0.2) is 0 Å². The van der Waals surface area contributed by atoms with Crippen LogP contribution in [0.5, 0.6) is 5.75 Å². The van der Waals surface area contributed by atoms with E-state index in [1.165, 1.54) is 0 Å². The van der Waals surface area contributed by atoms with E-state index < -0.39 is 0 Å². The first-order chi connectivity index (χ1) is 13.0. The van der Waals surface area contributed by atoms with Gasteiger partial charge in [-0.15, -0.1) is 0 Å². The summed E-state index contributed by atoms with van der Waals surface area (Å²) >= 11 is 12.1. The number of piperazine rings is 1. The predicted molar refractivity (Wildman–Crippen MR) is 111 cm³/mol. The van der Waals surface area contributed by atoms with Crippen LogP contribution in [0.25, 0.3) is 0 Å². The molecule has 1 N–H and O–H groups in total. The largest absolute Gasteiger partial charge is 0.497 e. The summed E-state index contributed by atoms with van der Waals surface area (Å²) in [5.41, 5.74) is 1.67. The number of halogens is 2. The van der Waals surface area contributed by atoms with Gasteiger partial charge in [0.1, 0.15) is 5.75 Å². The number of amides is 1. The van der Waals surface area contributed by atoms with E-state index in [4.69, 9.17) is 27.9 Å². The molecule has 1 heterocycles. The molecule has 144 valence electrons. The summed E-state index contributed by atoms with van der Waals surface area (Å²) in [6.07, 6.45) is 0. The molecule has 1 fully saturated rings. The Labute approximate surface area is 169 Å². The summed E-state index contributed by atoms with van der Waals surface area (Å²) in [4.78, 5) is 17.1. The Balaban J connectivity index is 1.58. The minimum atomic E-state index is -0.257. The zero-order chi connectivity index (χ0) is 19.4. The number of methoxy groups -OCH3 is 1. The van der Waals surface area contributed by atoms with E-state index in [0.717, 1.165) is 37.6 Å². The third kappa shape index (κ3) is 4.86. The normalized spacial score (nSPS) is 16.1. The van der Waals surface area contributed by atoms with Crippen molar-refractivity contribution in [1.82, 2.24) is 4.90 Å². The maximum atomic E-state index is 12.6. The van der Waals surface area contributed by atoms with Crippen LogP contribution in [0.1, 0.15) is 6.92 Å². The molecule has 1 saturated heterocycles. The standard InChI is InChI=1S/C20H23Cl2N3O2/c1-14(20(26)23-19-12-15(21)6-7-18(19)22)24-8-10-25(11-9-24)16-4-3-5-17(13-16)27-2/h3-7,12-14H,8-11H2,1-2H3,(H,23,26)/t14-/m0/s1. The first-order valence-electron chi connectivity index (χ1n) is 8.87. The molecule has 0 saturated carbocycles. The van der Waals surface area contributed by atoms with Gasteiger partial charge in [-0.1, -0.05) is 29.3 Å². The lowest BCUT2D eigenvalue weighted by Gasteiger charge is -2.38. The molecule has 5 nitrogen and oxygen atoms in total. The van der Waals surface area contributed by atoms with Crippen molar-refractivity contribution in [2.45, 2.75) is 13.0 Å². The number of carbonyl (C=O) groups excluding carboxylic acids is 1. The maximum Gasteiger partial charge on any atom is 0.241 e. The Morgan fingerprint density at radius 2 is 1.85 bits per heavy atom. The molecule has 1 amide bonds. The fourth-order valence-electron chi connectivity index (χ4n) is 3.17. The number of hydrogen-bond donors (Lipinski definition) is 1. The zero-order valence-electron chi connectivity index (χ0n) is 15.4. The Bertz CT molecular complexity index is 808. The van der Waals surface area contributed by atoms with Crippen LogP contribution in [-0.2, 0) is 4.79 Å². The van der Waals surface area contributed by atoms with Gasteiger partial charge in [0, 0.05) is 43.0 Å². The van der Waals surface area contributed by atoms with E-state index in [2.05, 4.69) is 21.2 Å². The molecule has 0 aliphatic carbocycles. The summed E-state index contributed by atoms with van der Waals surface area (Å²) in [5.74, 6) is 0.759. The predicted octanol–water partition coefficient (Wildman–Crippen LogP) is 4.15. The van der Waals surface area contributed by atoms with Crippen LogP contribution in [0.15, 0.2) is 42.5 Å². The molecule has 7 heteroatoms. The van der Waals surface area contributed by atoms with E-state index in [9.17, 15) is 4.79 Å². The molecule has 0 bridgehead atoms. The summed E-state index contributed by atoms with van der Waals surface area (Å²) in [7, 11) is 1.67. The number of hydrogen-bond acceptors (Lipinski definition) is 4. The van der Waals surface area contributed by atoms with Crippen molar-refractivity contribution >= 4 is 40.5 Å². The lowest BCUT2D eigenvalue weighted by Crippen LogP contribution is -2.52. The Kier molecular flexibility index (Phi) is 6.47. The monoisotopic (exact) mass is 407 g/mol. The van der Waals surface area contributed by atoms with Crippen molar-refractivity contribution < 1.29 is 9.53 Å². The van der Waals surface area contributed by atoms with Crippen LogP contribution in [-0.4, -0.2) is 50.1 Å². The first-order valence-corrected chi connectivity index (χ1v) is 9.62. The summed E-state index contributed by atoms with van der Waals surface area (Å²) in [6.45, 7) is 5.21. The van der Waals surface area contributed by atoms with Gasteiger partial charge in [-0.05, 0) is 37.3 Å². The molecule has 0 spiro atoms. The molecule has 27 heavy (non-hydrogen) atoms. The average Bonchev–Trinajstić information content (AvgIpc) is 2.70. The van der Waals surface area contributed by atoms with Crippen LogP contribution in [0.2, 0.25) is 10.0 Å². The highest BCUT2D eigenvalue weighted by molar-refractivity contribution is 6.35. The van der Waals surface area contributed by atoms with Crippen molar-refractivity contribution in [2.75, 3.05) is 43.5 Å². The second-order valence-electron chi connectivity index (χ2n) is 6.51. The number of ether oxygens (including phenoxy) is 1. The molecular weight excluding hydrogens is 385 g/mol. The van der Waals surface area contributed by atoms with Crippen molar-refractivity contribution in [1.29, 1.82) is 0 Å². The molecule has 2 aromatic carbocycles. The van der Waals surface area contributed by atoms with Gasteiger partial charge in [-0.2, -0.15) is 0 Å². The van der Waals surface area contributed by atoms with Gasteiger partial charge >= 0.3 is 0 Å². The quantitative estimate of drug-likeness (QED) is 0.808. The van der Waals surface area contributed by atoms with Crippen molar-refractivity contribution in [3.05, 3.63) is 52.5 Å². The molecule has 0 aromatic heterocycles. The number of anilines is 2. The zero-order valence-corrected chi connectivity index (χ0v) is 16.9. The number of rotatable bonds is 5. The summed E-state index contributed by atoms with van der Waals surface area (Å²) < 4.78 is 5.30. The minimum Gasteiger partial charge on any atom is -0.497 e. The van der Waals surface area contributed by atoms with Crippen molar-refractivity contribution in [2.24, 2.45) is 0 Å². The van der Waals surface area contributed by atoms with Gasteiger partial charge in [-0.3, -0.25) is 9.69 Å². The second kappa shape index (κ2) is 8.83. The van der Waals surface area contributed by atoms with Crippen LogP contribution >= 0.6 is 23.2 Å². The van der Waals surface area contributed by atoms with Crippen LogP contribution in [0.4, 0.5) is 11.4 Å². The molecular formula is C20H23Cl2N3O2. The van der Waals surface area contributed by atoms with Crippen molar-refractivity contribution in [3.63, 3.8) is 0 Å². The van der Waals surface area contributed by atoms with E-state index in [0.29, 0.717) is 15.7 Å². The first kappa shape index (κ1) is 19.8. The lowest BCUT2D eigenvalue weighted by molar-refractivity contribution is -0.120. The maximum absolute atomic E-state index is 12.6. The Hall–Kier alpha value is -1.95. The second-order valence-corrected chi connectivity index (χ2v) is 7.36. The minimum absolute atomic E-state index is 0.0889. The van der Waals surface area contributed by atoms with Gasteiger partial charge in [0.15, 0.2) is 0 Å². The fourth-order valence-corrected chi connectivity index (χ4v) is 3.51. The van der Waals surface area contributed by atoms with Crippen LogP contribution in [0.3, 0.4) is 0 Å². The summed E-state index contributed by atoms with van der Waals surface area (Å²) in [6, 6.07) is 12.8. The molecule has 3 rings (SSSR count). The highest BCUT2D eigenvalue weighted by Gasteiger charge is 2.26. The number of nitrogens with zero attached hydrogens (tertiary/aromatic N) is 2. The average molecular weight is 408 g/mol. The van der Waals surface area contributed by atoms with Crippen LogP contribution in [0, 0.1) is 0 Å².